The number of nitrogens with zero attached hydrogens (tertiary/aromatic N) is 2. The number of aromatic amines is 1. The van der Waals surface area contributed by atoms with Crippen LogP contribution in [0.5, 0.6) is 0 Å². The Morgan fingerprint density at radius 2 is 1.66 bits per heavy atom. The minimum Gasteiger partial charge on any atom is -0.437 e. The Kier molecular flexibility index (Phi) is 4.14. The van der Waals surface area contributed by atoms with Crippen molar-refractivity contribution in [3.05, 3.63) is 84.8 Å². The van der Waals surface area contributed by atoms with Gasteiger partial charge in [0, 0.05) is 17.7 Å². The van der Waals surface area contributed by atoms with Gasteiger partial charge in [-0.05, 0) is 36.4 Å². The topological polar surface area (TPSA) is 83.8 Å². The van der Waals surface area contributed by atoms with Gasteiger partial charge in [0.2, 0.25) is 11.8 Å². The largest absolute Gasteiger partial charge is 0.437 e. The first-order valence-corrected chi connectivity index (χ1v) is 9.15. The van der Waals surface area contributed by atoms with Gasteiger partial charge in [-0.2, -0.15) is 0 Å². The second kappa shape index (κ2) is 7.09. The van der Waals surface area contributed by atoms with Crippen LogP contribution < -0.4 is 5.32 Å². The molecule has 3 aromatic carbocycles. The number of hydrogen-bond donors (Lipinski definition) is 2. The molecular formula is C23H16N4O2. The highest BCUT2D eigenvalue weighted by Crippen LogP contribution is 2.27. The maximum Gasteiger partial charge on any atom is 0.248 e. The fourth-order valence-electron chi connectivity index (χ4n) is 3.16. The molecule has 5 aromatic rings. The van der Waals surface area contributed by atoms with E-state index in [2.05, 4.69) is 20.3 Å². The van der Waals surface area contributed by atoms with Gasteiger partial charge in [-0.3, -0.25) is 4.79 Å². The number of fused-ring (bicyclic) bond motifs is 2. The predicted octanol–water partition coefficient (Wildman–Crippen LogP) is 5.02. The third kappa shape index (κ3) is 3.39. The molecule has 0 radical (unpaired) electrons. The van der Waals surface area contributed by atoms with E-state index in [4.69, 9.17) is 4.42 Å². The first-order valence-electron chi connectivity index (χ1n) is 9.15. The Labute approximate surface area is 165 Å². The summed E-state index contributed by atoms with van der Waals surface area (Å²) in [6.07, 6.45) is 2.96. The van der Waals surface area contributed by atoms with Crippen LogP contribution >= 0.6 is 0 Å². The van der Waals surface area contributed by atoms with Gasteiger partial charge in [-0.15, -0.1) is 0 Å². The van der Waals surface area contributed by atoms with Gasteiger partial charge < -0.3 is 14.7 Å². The molecule has 6 nitrogen and oxygen atoms in total. The second-order valence-corrected chi connectivity index (χ2v) is 6.49. The van der Waals surface area contributed by atoms with Crippen molar-refractivity contribution in [2.75, 3.05) is 5.32 Å². The number of amides is 1. The van der Waals surface area contributed by atoms with E-state index >= 15 is 0 Å². The third-order valence-corrected chi connectivity index (χ3v) is 4.52. The van der Waals surface area contributed by atoms with Crippen LogP contribution in [0.2, 0.25) is 0 Å². The maximum absolute atomic E-state index is 12.5. The summed E-state index contributed by atoms with van der Waals surface area (Å²) in [5.74, 6) is 0.799. The fraction of sp³-hybridized carbons (Fsp3) is 0. The Morgan fingerprint density at radius 3 is 2.52 bits per heavy atom. The van der Waals surface area contributed by atoms with E-state index < -0.39 is 0 Å². The minimum absolute atomic E-state index is 0.282. The van der Waals surface area contributed by atoms with Crippen LogP contribution in [0.25, 0.3) is 39.6 Å². The van der Waals surface area contributed by atoms with Gasteiger partial charge in [0.15, 0.2) is 5.58 Å². The molecule has 0 atom stereocenters. The zero-order valence-corrected chi connectivity index (χ0v) is 15.3. The summed E-state index contributed by atoms with van der Waals surface area (Å²) in [4.78, 5) is 24.7. The lowest BCUT2D eigenvalue weighted by molar-refractivity contribution is -0.111. The van der Waals surface area contributed by atoms with E-state index in [-0.39, 0.29) is 5.91 Å². The molecule has 2 heterocycles. The number of benzene rings is 3. The Balaban J connectivity index is 1.39. The highest BCUT2D eigenvalue weighted by Gasteiger charge is 2.11. The van der Waals surface area contributed by atoms with Crippen LogP contribution in [0.15, 0.2) is 83.3 Å². The van der Waals surface area contributed by atoms with Crippen molar-refractivity contribution in [2.45, 2.75) is 0 Å². The van der Waals surface area contributed by atoms with E-state index in [9.17, 15) is 4.79 Å². The summed E-state index contributed by atoms with van der Waals surface area (Å²) in [6, 6.07) is 22.8. The summed E-state index contributed by atoms with van der Waals surface area (Å²) < 4.78 is 5.60. The van der Waals surface area contributed by atoms with Crippen LogP contribution in [0.1, 0.15) is 5.89 Å². The normalized spacial score (nSPS) is 11.4. The summed E-state index contributed by atoms with van der Waals surface area (Å²) in [7, 11) is 0. The van der Waals surface area contributed by atoms with Crippen molar-refractivity contribution in [1.29, 1.82) is 0 Å². The lowest BCUT2D eigenvalue weighted by Crippen LogP contribution is -2.08. The van der Waals surface area contributed by atoms with E-state index in [0.717, 1.165) is 22.1 Å². The van der Waals surface area contributed by atoms with Gasteiger partial charge in [0.05, 0.1) is 16.7 Å². The van der Waals surface area contributed by atoms with E-state index in [1.807, 2.05) is 72.8 Å². The first-order chi connectivity index (χ1) is 14.3. The number of oxazole rings is 1. The molecule has 6 heteroatoms. The molecule has 29 heavy (non-hydrogen) atoms. The van der Waals surface area contributed by atoms with Gasteiger partial charge in [0.25, 0.3) is 0 Å². The lowest BCUT2D eigenvalue weighted by atomic mass is 10.1. The number of nitrogens with one attached hydrogen (secondary N) is 2. The number of hydrogen-bond acceptors (Lipinski definition) is 4. The van der Waals surface area contributed by atoms with Crippen LogP contribution in [0.4, 0.5) is 5.69 Å². The van der Waals surface area contributed by atoms with Crippen molar-refractivity contribution < 1.29 is 9.21 Å². The molecule has 1 amide bonds. The Morgan fingerprint density at radius 1 is 0.897 bits per heavy atom. The summed E-state index contributed by atoms with van der Waals surface area (Å²) >= 11 is 0. The van der Waals surface area contributed by atoms with Crippen LogP contribution in [-0.2, 0) is 4.79 Å². The monoisotopic (exact) mass is 380 g/mol. The number of aromatic nitrogens is 3. The molecule has 140 valence electrons. The molecule has 0 bridgehead atoms. The van der Waals surface area contributed by atoms with Crippen LogP contribution in [0.3, 0.4) is 0 Å². The number of rotatable bonds is 4. The first kappa shape index (κ1) is 16.9. The van der Waals surface area contributed by atoms with Crippen molar-refractivity contribution in [3.63, 3.8) is 0 Å². The van der Waals surface area contributed by atoms with Crippen molar-refractivity contribution >= 4 is 39.8 Å². The zero-order valence-electron chi connectivity index (χ0n) is 15.3. The standard InChI is InChI=1S/C23H16N4O2/c28-21(13-14-22-25-19-11-5-6-12-20(19)29-22)24-16-8-2-1-7-15(16)23-26-17-9-3-4-10-18(17)27-23/h1-14H,(H,24,28)(H,26,27). The number of para-hydroxylation sites is 5. The molecule has 0 spiro atoms. The molecule has 0 aliphatic rings. The number of carbonyl (C=O) groups excluding carboxylic acids is 1. The average molecular weight is 380 g/mol. The van der Waals surface area contributed by atoms with Gasteiger partial charge in [-0.1, -0.05) is 36.4 Å². The Hall–Kier alpha value is -4.19. The number of anilines is 1. The second-order valence-electron chi connectivity index (χ2n) is 6.49. The molecule has 0 fully saturated rings. The zero-order chi connectivity index (χ0) is 19.6. The summed E-state index contributed by atoms with van der Waals surface area (Å²) in [5, 5.41) is 2.90. The van der Waals surface area contributed by atoms with E-state index in [1.54, 1.807) is 6.08 Å². The molecule has 0 aliphatic carbocycles. The SMILES string of the molecule is O=C(C=Cc1nc2ccccc2o1)Nc1ccccc1-c1nc2ccccc2[nH]1. The molecule has 0 saturated heterocycles. The van der Waals surface area contributed by atoms with Gasteiger partial charge in [0.1, 0.15) is 11.3 Å². The smallest absolute Gasteiger partial charge is 0.248 e. The lowest BCUT2D eigenvalue weighted by Gasteiger charge is -2.07. The molecule has 0 unspecified atom stereocenters. The van der Waals surface area contributed by atoms with Crippen LogP contribution in [0, 0.1) is 0 Å². The summed E-state index contributed by atoms with van der Waals surface area (Å²) in [6.45, 7) is 0. The number of carbonyl (C=O) groups is 1. The maximum atomic E-state index is 12.5. The van der Waals surface area contributed by atoms with Crippen molar-refractivity contribution in [2.24, 2.45) is 0 Å². The highest BCUT2D eigenvalue weighted by molar-refractivity contribution is 6.04. The Bertz CT molecular complexity index is 1300. The highest BCUT2D eigenvalue weighted by atomic mass is 16.3. The number of imidazole rings is 1. The third-order valence-electron chi connectivity index (χ3n) is 4.52. The fourth-order valence-corrected chi connectivity index (χ4v) is 3.16. The van der Waals surface area contributed by atoms with Crippen molar-refractivity contribution in [1.82, 2.24) is 15.0 Å². The number of H-pyrrole nitrogens is 1. The molecule has 2 aromatic heterocycles. The quantitative estimate of drug-likeness (QED) is 0.429. The van der Waals surface area contributed by atoms with Crippen molar-refractivity contribution in [3.8, 4) is 11.4 Å². The predicted molar refractivity (Wildman–Crippen MR) is 113 cm³/mol. The average Bonchev–Trinajstić information content (AvgIpc) is 3.36. The summed E-state index contributed by atoms with van der Waals surface area (Å²) in [5.41, 5.74) is 4.73. The molecule has 2 N–H and O–H groups in total. The molecular weight excluding hydrogens is 364 g/mol. The van der Waals surface area contributed by atoms with Crippen LogP contribution in [-0.4, -0.2) is 20.9 Å². The molecule has 0 aliphatic heterocycles. The minimum atomic E-state index is -0.282. The van der Waals surface area contributed by atoms with E-state index in [1.165, 1.54) is 6.08 Å². The molecule has 0 saturated carbocycles. The van der Waals surface area contributed by atoms with Gasteiger partial charge in [-0.25, -0.2) is 9.97 Å². The molecule has 5 rings (SSSR count). The van der Waals surface area contributed by atoms with E-state index in [0.29, 0.717) is 23.0 Å². The van der Waals surface area contributed by atoms with Gasteiger partial charge >= 0.3 is 0 Å².